The maximum atomic E-state index is 12.5. The molecule has 3 rings (SSSR count). The molecule has 0 bridgehead atoms. The summed E-state index contributed by atoms with van der Waals surface area (Å²) in [6, 6.07) is 14.7. The molecule has 144 valence electrons. The summed E-state index contributed by atoms with van der Waals surface area (Å²) in [4.78, 5) is 51.1. The Bertz CT molecular complexity index is 885. The van der Waals surface area contributed by atoms with Gasteiger partial charge in [-0.3, -0.25) is 14.5 Å². The van der Waals surface area contributed by atoms with E-state index in [9.17, 15) is 24.3 Å². The first kappa shape index (κ1) is 19.1. The normalized spacial score (nSPS) is 15.1. The summed E-state index contributed by atoms with van der Waals surface area (Å²) in [5, 5.41) is 11.8. The molecule has 2 aromatic rings. The Balaban J connectivity index is 1.65. The molecule has 1 fully saturated rings. The van der Waals surface area contributed by atoms with Crippen LogP contribution in [0.5, 0.6) is 0 Å². The number of imide groups is 1. The number of amides is 4. The van der Waals surface area contributed by atoms with Gasteiger partial charge in [0.05, 0.1) is 0 Å². The molecule has 8 nitrogen and oxygen atoms in total. The average Bonchev–Trinajstić information content (AvgIpc) is 2.72. The predicted octanol–water partition coefficient (Wildman–Crippen LogP) is 1.51. The number of aliphatic carboxylic acids is 1. The van der Waals surface area contributed by atoms with Crippen LogP contribution in [-0.2, 0) is 9.59 Å². The van der Waals surface area contributed by atoms with Gasteiger partial charge in [-0.1, -0.05) is 48.5 Å². The van der Waals surface area contributed by atoms with Crippen LogP contribution < -0.4 is 5.32 Å². The van der Waals surface area contributed by atoms with Gasteiger partial charge in [-0.2, -0.15) is 0 Å². The van der Waals surface area contributed by atoms with Gasteiger partial charge in [-0.15, -0.1) is 0 Å². The van der Waals surface area contributed by atoms with Crippen molar-refractivity contribution in [2.75, 3.05) is 19.6 Å². The molecule has 0 aromatic heterocycles. The van der Waals surface area contributed by atoms with Crippen molar-refractivity contribution in [1.82, 2.24) is 15.1 Å². The van der Waals surface area contributed by atoms with E-state index in [1.54, 1.807) is 60.7 Å². The van der Waals surface area contributed by atoms with Gasteiger partial charge >= 0.3 is 12.0 Å². The lowest BCUT2D eigenvalue weighted by Gasteiger charge is -2.33. The molecule has 4 amide bonds. The maximum absolute atomic E-state index is 12.5. The second-order valence-electron chi connectivity index (χ2n) is 6.27. The molecule has 0 saturated carbocycles. The van der Waals surface area contributed by atoms with Crippen molar-refractivity contribution >= 4 is 23.8 Å². The van der Waals surface area contributed by atoms with Gasteiger partial charge in [0.15, 0.2) is 6.04 Å². The van der Waals surface area contributed by atoms with Gasteiger partial charge in [0, 0.05) is 18.7 Å². The molecule has 2 N–H and O–H groups in total. The molecule has 8 heteroatoms. The Labute approximate surface area is 161 Å². The second kappa shape index (κ2) is 8.34. The number of hydrogen-bond donors (Lipinski definition) is 2. The number of piperazine rings is 1. The minimum absolute atomic E-state index is 0.00955. The Morgan fingerprint density at radius 3 is 2.11 bits per heavy atom. The Morgan fingerprint density at radius 1 is 0.929 bits per heavy atom. The van der Waals surface area contributed by atoms with Crippen LogP contribution in [0, 0.1) is 0 Å². The smallest absolute Gasteiger partial charge is 0.330 e. The summed E-state index contributed by atoms with van der Waals surface area (Å²) in [5.41, 5.74) is 0.858. The zero-order valence-electron chi connectivity index (χ0n) is 14.9. The van der Waals surface area contributed by atoms with Crippen molar-refractivity contribution in [2.24, 2.45) is 0 Å². The Kier molecular flexibility index (Phi) is 5.69. The van der Waals surface area contributed by atoms with Crippen LogP contribution >= 0.6 is 0 Å². The van der Waals surface area contributed by atoms with Crippen molar-refractivity contribution in [3.8, 4) is 0 Å². The van der Waals surface area contributed by atoms with E-state index >= 15 is 0 Å². The number of urea groups is 1. The number of carbonyl (C=O) groups is 4. The molecular formula is C20H19N3O5. The van der Waals surface area contributed by atoms with Crippen molar-refractivity contribution in [3.63, 3.8) is 0 Å². The summed E-state index contributed by atoms with van der Waals surface area (Å²) >= 11 is 0. The lowest BCUT2D eigenvalue weighted by atomic mass is 10.1. The summed E-state index contributed by atoms with van der Waals surface area (Å²) in [7, 11) is 0. The van der Waals surface area contributed by atoms with Crippen LogP contribution in [0.2, 0.25) is 0 Å². The van der Waals surface area contributed by atoms with E-state index in [1.807, 2.05) is 0 Å². The Morgan fingerprint density at radius 2 is 1.54 bits per heavy atom. The third kappa shape index (κ3) is 4.17. The van der Waals surface area contributed by atoms with E-state index in [-0.39, 0.29) is 25.5 Å². The molecule has 1 atom stereocenters. The number of carbonyl (C=O) groups excluding carboxylic acids is 3. The van der Waals surface area contributed by atoms with Crippen LogP contribution in [0.4, 0.5) is 4.79 Å². The van der Waals surface area contributed by atoms with Crippen LogP contribution in [0.3, 0.4) is 0 Å². The number of carboxylic acids is 1. The minimum Gasteiger partial charge on any atom is -0.479 e. The van der Waals surface area contributed by atoms with Gasteiger partial charge in [-0.05, 0) is 17.7 Å². The van der Waals surface area contributed by atoms with Crippen LogP contribution in [0.25, 0.3) is 0 Å². The topological polar surface area (TPSA) is 107 Å². The third-order valence-corrected chi connectivity index (χ3v) is 4.42. The van der Waals surface area contributed by atoms with E-state index in [0.29, 0.717) is 11.1 Å². The molecule has 28 heavy (non-hydrogen) atoms. The third-order valence-electron chi connectivity index (χ3n) is 4.42. The number of nitrogens with one attached hydrogen (secondary N) is 1. The molecule has 2 aromatic carbocycles. The summed E-state index contributed by atoms with van der Waals surface area (Å²) in [6.07, 6.45) is 0. The first-order chi connectivity index (χ1) is 13.5. The molecule has 0 spiro atoms. The lowest BCUT2D eigenvalue weighted by Crippen LogP contribution is -2.57. The van der Waals surface area contributed by atoms with Crippen molar-refractivity contribution < 1.29 is 24.3 Å². The van der Waals surface area contributed by atoms with Crippen LogP contribution in [0.15, 0.2) is 60.7 Å². The second-order valence-corrected chi connectivity index (χ2v) is 6.27. The van der Waals surface area contributed by atoms with Gasteiger partial charge in [0.2, 0.25) is 5.91 Å². The molecule has 1 unspecified atom stereocenters. The number of hydrogen-bond acceptors (Lipinski definition) is 4. The van der Waals surface area contributed by atoms with Gasteiger partial charge in [0.1, 0.15) is 6.54 Å². The first-order valence-corrected chi connectivity index (χ1v) is 8.70. The highest BCUT2D eigenvalue weighted by Crippen LogP contribution is 2.15. The molecule has 1 aliphatic heterocycles. The summed E-state index contributed by atoms with van der Waals surface area (Å²) < 4.78 is 0. The molecule has 0 aliphatic carbocycles. The molecule has 1 aliphatic rings. The summed E-state index contributed by atoms with van der Waals surface area (Å²) in [5.74, 6) is -2.09. The van der Waals surface area contributed by atoms with Crippen LogP contribution in [0.1, 0.15) is 22.0 Å². The number of rotatable bonds is 4. The fraction of sp³-hybridized carbons (Fsp3) is 0.200. The van der Waals surface area contributed by atoms with E-state index < -0.39 is 23.9 Å². The lowest BCUT2D eigenvalue weighted by molar-refractivity contribution is -0.140. The average molecular weight is 381 g/mol. The minimum atomic E-state index is -1.27. The summed E-state index contributed by atoms with van der Waals surface area (Å²) in [6.45, 7) is -0.0788. The van der Waals surface area contributed by atoms with Crippen LogP contribution in [-0.4, -0.2) is 58.4 Å². The first-order valence-electron chi connectivity index (χ1n) is 8.70. The fourth-order valence-corrected chi connectivity index (χ4v) is 2.96. The maximum Gasteiger partial charge on any atom is 0.330 e. The van der Waals surface area contributed by atoms with E-state index in [1.165, 1.54) is 4.90 Å². The monoisotopic (exact) mass is 381 g/mol. The van der Waals surface area contributed by atoms with Crippen molar-refractivity contribution in [1.29, 1.82) is 0 Å². The predicted molar refractivity (Wildman–Crippen MR) is 99.4 cm³/mol. The van der Waals surface area contributed by atoms with E-state index in [4.69, 9.17) is 0 Å². The van der Waals surface area contributed by atoms with Crippen molar-refractivity contribution in [3.05, 3.63) is 71.8 Å². The zero-order chi connectivity index (χ0) is 20.1. The van der Waals surface area contributed by atoms with Gasteiger partial charge in [0.25, 0.3) is 5.91 Å². The highest BCUT2D eigenvalue weighted by molar-refractivity contribution is 6.01. The Hall–Kier alpha value is -3.68. The molecule has 1 heterocycles. The number of benzene rings is 2. The van der Waals surface area contributed by atoms with E-state index in [2.05, 4.69) is 5.32 Å². The van der Waals surface area contributed by atoms with Gasteiger partial charge < -0.3 is 15.3 Å². The molecule has 0 radical (unpaired) electrons. The highest BCUT2D eigenvalue weighted by atomic mass is 16.4. The fourth-order valence-electron chi connectivity index (χ4n) is 2.96. The highest BCUT2D eigenvalue weighted by Gasteiger charge is 2.33. The SMILES string of the molecule is O=C(O)C(NC(=O)N1CCN(C(=O)c2ccccc2)CC1=O)c1ccccc1. The van der Waals surface area contributed by atoms with Gasteiger partial charge in [-0.25, -0.2) is 9.59 Å². The van der Waals surface area contributed by atoms with Crippen molar-refractivity contribution in [2.45, 2.75) is 6.04 Å². The number of carboxylic acid groups (broad SMARTS) is 1. The largest absolute Gasteiger partial charge is 0.479 e. The standard InChI is InChI=1S/C20H19N3O5/c24-16-13-22(18(25)15-9-5-2-6-10-15)11-12-23(16)20(28)21-17(19(26)27)14-7-3-1-4-8-14/h1-10,17H,11-13H2,(H,21,28)(H,26,27). The van der Waals surface area contributed by atoms with E-state index in [0.717, 1.165) is 4.90 Å². The molecule has 1 saturated heterocycles. The number of nitrogens with zero attached hydrogens (tertiary/aromatic N) is 2. The molecular weight excluding hydrogens is 362 g/mol. The quantitative estimate of drug-likeness (QED) is 0.835. The zero-order valence-corrected chi connectivity index (χ0v) is 14.9.